The van der Waals surface area contributed by atoms with Gasteiger partial charge in [-0.15, -0.1) is 11.3 Å². The summed E-state index contributed by atoms with van der Waals surface area (Å²) in [6, 6.07) is 0.327. The highest BCUT2D eigenvalue weighted by Gasteiger charge is 2.21. The highest BCUT2D eigenvalue weighted by atomic mass is 79.9. The molecular weight excluding hydrogens is 276 g/mol. The Morgan fingerprint density at radius 2 is 2.20 bits per heavy atom. The van der Waals surface area contributed by atoms with Crippen LogP contribution in [0.25, 0.3) is 0 Å². The largest absolute Gasteiger partial charge is 0.348 e. The van der Waals surface area contributed by atoms with Gasteiger partial charge in [0.1, 0.15) is 5.69 Å². The molecule has 1 fully saturated rings. The van der Waals surface area contributed by atoms with Gasteiger partial charge in [0, 0.05) is 16.2 Å². The van der Waals surface area contributed by atoms with Crippen LogP contribution in [0.4, 0.5) is 0 Å². The molecule has 0 radical (unpaired) electrons. The van der Waals surface area contributed by atoms with E-state index in [9.17, 15) is 4.79 Å². The number of halogens is 1. The van der Waals surface area contributed by atoms with Crippen LogP contribution in [0, 0.1) is 0 Å². The fourth-order valence-corrected chi connectivity index (χ4v) is 2.84. The van der Waals surface area contributed by atoms with Gasteiger partial charge in [0.15, 0.2) is 0 Å². The molecule has 82 valence electrons. The molecule has 5 heteroatoms. The van der Waals surface area contributed by atoms with Crippen LogP contribution in [-0.2, 0) is 0 Å². The van der Waals surface area contributed by atoms with Gasteiger partial charge in [-0.1, -0.05) is 15.9 Å². The van der Waals surface area contributed by atoms with Crippen LogP contribution in [0.5, 0.6) is 0 Å². The lowest BCUT2D eigenvalue weighted by Crippen LogP contribution is -2.37. The molecule has 0 bridgehead atoms. The normalized spacial score (nSPS) is 26.2. The fraction of sp³-hybridized carbons (Fsp3) is 0.600. The molecule has 1 amide bonds. The molecule has 0 unspecified atom stereocenters. The third-order valence-corrected chi connectivity index (χ3v) is 4.16. The van der Waals surface area contributed by atoms with Gasteiger partial charge in [-0.25, -0.2) is 4.98 Å². The van der Waals surface area contributed by atoms with Crippen molar-refractivity contribution in [3.8, 4) is 0 Å². The van der Waals surface area contributed by atoms with E-state index in [-0.39, 0.29) is 5.91 Å². The Morgan fingerprint density at radius 1 is 1.47 bits per heavy atom. The molecule has 1 aliphatic carbocycles. The fourth-order valence-electron chi connectivity index (χ4n) is 1.78. The van der Waals surface area contributed by atoms with E-state index in [2.05, 4.69) is 26.2 Å². The number of nitrogens with zero attached hydrogens (tertiary/aromatic N) is 1. The minimum Gasteiger partial charge on any atom is -0.348 e. The summed E-state index contributed by atoms with van der Waals surface area (Å²) in [7, 11) is 0. The summed E-state index contributed by atoms with van der Waals surface area (Å²) in [5.74, 6) is -0.0331. The first-order valence-electron chi connectivity index (χ1n) is 5.09. The first-order chi connectivity index (χ1) is 7.25. The molecule has 1 heterocycles. The molecule has 1 aromatic rings. The van der Waals surface area contributed by atoms with Crippen molar-refractivity contribution in [3.63, 3.8) is 0 Å². The summed E-state index contributed by atoms with van der Waals surface area (Å²) in [6.45, 7) is 0. The summed E-state index contributed by atoms with van der Waals surface area (Å²) in [6.07, 6.45) is 4.40. The lowest BCUT2D eigenvalue weighted by molar-refractivity contribution is 0.0924. The van der Waals surface area contributed by atoms with Crippen LogP contribution in [0.1, 0.15) is 36.2 Å². The van der Waals surface area contributed by atoms with E-state index in [1.165, 1.54) is 11.3 Å². The topological polar surface area (TPSA) is 42.0 Å². The molecule has 1 aliphatic rings. The number of carbonyl (C=O) groups is 1. The van der Waals surface area contributed by atoms with Crippen molar-refractivity contribution in [2.24, 2.45) is 0 Å². The van der Waals surface area contributed by atoms with E-state index < -0.39 is 0 Å². The van der Waals surface area contributed by atoms with Crippen LogP contribution in [-0.4, -0.2) is 21.8 Å². The Bertz CT molecular complexity index is 320. The van der Waals surface area contributed by atoms with Crippen LogP contribution in [0.15, 0.2) is 10.9 Å². The van der Waals surface area contributed by atoms with Crippen molar-refractivity contribution in [3.05, 3.63) is 16.6 Å². The number of thiazole rings is 1. The van der Waals surface area contributed by atoms with Crippen LogP contribution in [0.2, 0.25) is 0 Å². The van der Waals surface area contributed by atoms with Crippen LogP contribution < -0.4 is 5.32 Å². The molecule has 2 rings (SSSR count). The molecule has 1 N–H and O–H groups in total. The lowest BCUT2D eigenvalue weighted by atomic mass is 9.95. The number of hydrogen-bond acceptors (Lipinski definition) is 3. The summed E-state index contributed by atoms with van der Waals surface area (Å²) >= 11 is 5.05. The zero-order valence-corrected chi connectivity index (χ0v) is 10.7. The average Bonchev–Trinajstić information content (AvgIpc) is 2.74. The standard InChI is InChI=1S/C10H13BrN2OS/c11-7-1-3-8(4-2-7)13-10(14)9-5-15-6-12-9/h5-8H,1-4H2,(H,13,14). The summed E-state index contributed by atoms with van der Waals surface area (Å²) in [4.78, 5) is 16.3. The zero-order chi connectivity index (χ0) is 10.7. The second kappa shape index (κ2) is 5.07. The van der Waals surface area contributed by atoms with E-state index in [0.717, 1.165) is 25.7 Å². The lowest BCUT2D eigenvalue weighted by Gasteiger charge is -2.25. The van der Waals surface area contributed by atoms with E-state index in [4.69, 9.17) is 0 Å². The molecule has 1 aromatic heterocycles. The Labute approximate surface area is 101 Å². The molecule has 0 aromatic carbocycles. The third-order valence-electron chi connectivity index (χ3n) is 2.66. The van der Waals surface area contributed by atoms with Crippen molar-refractivity contribution in [1.29, 1.82) is 0 Å². The van der Waals surface area contributed by atoms with Gasteiger partial charge in [-0.2, -0.15) is 0 Å². The van der Waals surface area contributed by atoms with Gasteiger partial charge in [-0.3, -0.25) is 4.79 Å². The molecule has 3 nitrogen and oxygen atoms in total. The van der Waals surface area contributed by atoms with Crippen LogP contribution in [0.3, 0.4) is 0 Å². The SMILES string of the molecule is O=C(NC1CCC(Br)CC1)c1cscn1. The van der Waals surface area contributed by atoms with Gasteiger partial charge < -0.3 is 5.32 Å². The number of carbonyl (C=O) groups excluding carboxylic acids is 1. The van der Waals surface area contributed by atoms with Crippen molar-refractivity contribution in [1.82, 2.24) is 10.3 Å². The van der Waals surface area contributed by atoms with Gasteiger partial charge >= 0.3 is 0 Å². The zero-order valence-electron chi connectivity index (χ0n) is 8.28. The Hall–Kier alpha value is -0.420. The third kappa shape index (κ3) is 3.01. The van der Waals surface area contributed by atoms with E-state index in [1.54, 1.807) is 10.9 Å². The number of aromatic nitrogens is 1. The summed E-state index contributed by atoms with van der Waals surface area (Å²) in [5, 5.41) is 4.81. The number of nitrogens with one attached hydrogen (secondary N) is 1. The molecule has 1 saturated carbocycles. The van der Waals surface area contributed by atoms with Crippen molar-refractivity contribution >= 4 is 33.2 Å². The first-order valence-corrected chi connectivity index (χ1v) is 6.94. The molecule has 0 saturated heterocycles. The van der Waals surface area contributed by atoms with Crippen LogP contribution >= 0.6 is 27.3 Å². The predicted molar refractivity (Wildman–Crippen MR) is 64.6 cm³/mol. The van der Waals surface area contributed by atoms with Crippen molar-refractivity contribution in [2.45, 2.75) is 36.6 Å². The molecule has 0 spiro atoms. The quantitative estimate of drug-likeness (QED) is 0.850. The van der Waals surface area contributed by atoms with E-state index >= 15 is 0 Å². The maximum Gasteiger partial charge on any atom is 0.270 e. The average molecular weight is 289 g/mol. The maximum atomic E-state index is 11.7. The van der Waals surface area contributed by atoms with Gasteiger partial charge in [0.25, 0.3) is 5.91 Å². The van der Waals surface area contributed by atoms with Crippen molar-refractivity contribution in [2.75, 3.05) is 0 Å². The summed E-state index contributed by atoms with van der Waals surface area (Å²) in [5.41, 5.74) is 2.23. The monoisotopic (exact) mass is 288 g/mol. The highest BCUT2D eigenvalue weighted by molar-refractivity contribution is 9.09. The van der Waals surface area contributed by atoms with E-state index in [1.807, 2.05) is 0 Å². The minimum atomic E-state index is -0.0331. The summed E-state index contributed by atoms with van der Waals surface area (Å²) < 4.78 is 0. The number of rotatable bonds is 2. The Morgan fingerprint density at radius 3 is 2.80 bits per heavy atom. The number of amides is 1. The second-order valence-corrected chi connectivity index (χ2v) is 5.81. The van der Waals surface area contributed by atoms with Crippen molar-refractivity contribution < 1.29 is 4.79 Å². The van der Waals surface area contributed by atoms with Gasteiger partial charge in [0.05, 0.1) is 5.51 Å². The van der Waals surface area contributed by atoms with Gasteiger partial charge in [0.2, 0.25) is 0 Å². The first kappa shape index (κ1) is 11.1. The maximum absolute atomic E-state index is 11.7. The van der Waals surface area contributed by atoms with Gasteiger partial charge in [-0.05, 0) is 25.7 Å². The molecule has 0 atom stereocenters. The Kier molecular flexibility index (Phi) is 3.75. The second-order valence-electron chi connectivity index (χ2n) is 3.80. The number of alkyl halides is 1. The molecule has 0 aliphatic heterocycles. The predicted octanol–water partition coefficient (Wildman–Crippen LogP) is 2.58. The number of hydrogen-bond donors (Lipinski definition) is 1. The highest BCUT2D eigenvalue weighted by Crippen LogP contribution is 2.24. The Balaban J connectivity index is 1.85. The minimum absolute atomic E-state index is 0.0331. The van der Waals surface area contributed by atoms with E-state index in [0.29, 0.717) is 16.6 Å². The molecular formula is C10H13BrN2OS. The molecule has 15 heavy (non-hydrogen) atoms. The smallest absolute Gasteiger partial charge is 0.270 e.